The van der Waals surface area contributed by atoms with Gasteiger partial charge in [0, 0.05) is 28.1 Å². The number of nitrogens with zero attached hydrogens (tertiary/aromatic N) is 3. The zero-order valence-electron chi connectivity index (χ0n) is 20.1. The minimum Gasteiger partial charge on any atom is -0.478 e. The third kappa shape index (κ3) is 5.23. The number of hydrogen-bond acceptors (Lipinski definition) is 8. The summed E-state index contributed by atoms with van der Waals surface area (Å²) in [6, 6.07) is 13.7. The quantitative estimate of drug-likeness (QED) is 0.287. The van der Waals surface area contributed by atoms with Crippen LogP contribution in [0.5, 0.6) is 5.88 Å². The molecule has 0 saturated carbocycles. The van der Waals surface area contributed by atoms with Crippen molar-refractivity contribution in [2.24, 2.45) is 0 Å². The van der Waals surface area contributed by atoms with Crippen molar-refractivity contribution in [2.45, 2.75) is 24.5 Å². The highest BCUT2D eigenvalue weighted by Gasteiger charge is 2.20. The monoisotopic (exact) mass is 533 g/mol. The van der Waals surface area contributed by atoms with Crippen LogP contribution in [-0.4, -0.2) is 41.1 Å². The number of amides is 1. The van der Waals surface area contributed by atoms with E-state index in [1.165, 1.54) is 11.3 Å². The van der Waals surface area contributed by atoms with Crippen LogP contribution in [-0.2, 0) is 15.6 Å². The lowest BCUT2D eigenvalue weighted by atomic mass is 10.0. The molecule has 0 unspecified atom stereocenters. The molecule has 37 heavy (non-hydrogen) atoms. The van der Waals surface area contributed by atoms with Crippen LogP contribution >= 0.6 is 11.3 Å². The summed E-state index contributed by atoms with van der Waals surface area (Å²) in [4.78, 5) is 21.7. The molecule has 2 N–H and O–H groups in total. The lowest BCUT2D eigenvalue weighted by Gasteiger charge is -2.13. The van der Waals surface area contributed by atoms with Crippen LogP contribution in [0.15, 0.2) is 71.2 Å². The number of ether oxygens (including phenoxy) is 1. The van der Waals surface area contributed by atoms with E-state index in [1.54, 1.807) is 54.2 Å². The Labute approximate surface area is 217 Å². The summed E-state index contributed by atoms with van der Waals surface area (Å²) in [6.07, 6.45) is 3.26. The van der Waals surface area contributed by atoms with Gasteiger partial charge in [0.1, 0.15) is 5.69 Å². The van der Waals surface area contributed by atoms with Gasteiger partial charge in [-0.05, 0) is 49.7 Å². The molecular weight excluding hydrogens is 510 g/mol. The van der Waals surface area contributed by atoms with Crippen LogP contribution < -0.4 is 10.1 Å². The van der Waals surface area contributed by atoms with E-state index in [-0.39, 0.29) is 22.4 Å². The molecule has 0 radical (unpaired) electrons. The van der Waals surface area contributed by atoms with E-state index in [9.17, 15) is 13.2 Å². The first-order valence-electron chi connectivity index (χ1n) is 11.4. The Morgan fingerprint density at radius 3 is 2.65 bits per heavy atom. The molecule has 0 atom stereocenters. The molecule has 9 nitrogen and oxygen atoms in total. The summed E-state index contributed by atoms with van der Waals surface area (Å²) in [7, 11) is -3.63. The molecular formula is C26H23N5O4S2. The molecule has 0 aliphatic carbocycles. The number of H-pyrrole nitrogens is 1. The van der Waals surface area contributed by atoms with Crippen molar-refractivity contribution in [1.29, 1.82) is 0 Å². The van der Waals surface area contributed by atoms with E-state index in [0.29, 0.717) is 34.6 Å². The fourth-order valence-corrected chi connectivity index (χ4v) is 5.86. The lowest BCUT2D eigenvalue weighted by Crippen LogP contribution is -2.12. The molecule has 0 aliphatic rings. The average molecular weight is 534 g/mol. The molecule has 0 saturated heterocycles. The Kier molecular flexibility index (Phi) is 6.72. The number of carbonyl (C=O) groups is 1. The molecule has 2 aromatic carbocycles. The van der Waals surface area contributed by atoms with Crippen LogP contribution in [0.4, 0.5) is 5.69 Å². The van der Waals surface area contributed by atoms with Gasteiger partial charge in [0.05, 0.1) is 39.7 Å². The molecule has 11 heteroatoms. The van der Waals surface area contributed by atoms with Gasteiger partial charge in [-0.15, -0.1) is 11.3 Å². The first kappa shape index (κ1) is 24.6. The van der Waals surface area contributed by atoms with Crippen LogP contribution in [0.1, 0.15) is 28.0 Å². The van der Waals surface area contributed by atoms with E-state index in [1.807, 2.05) is 26.0 Å². The van der Waals surface area contributed by atoms with Crippen molar-refractivity contribution < 1.29 is 17.9 Å². The molecule has 5 rings (SSSR count). The molecule has 0 spiro atoms. The van der Waals surface area contributed by atoms with Crippen molar-refractivity contribution in [3.63, 3.8) is 0 Å². The fraction of sp³-hybridized carbons (Fsp3) is 0.154. The van der Waals surface area contributed by atoms with E-state index < -0.39 is 9.84 Å². The van der Waals surface area contributed by atoms with Gasteiger partial charge in [0.15, 0.2) is 9.84 Å². The second-order valence-electron chi connectivity index (χ2n) is 8.25. The van der Waals surface area contributed by atoms with Crippen molar-refractivity contribution >= 4 is 43.7 Å². The van der Waals surface area contributed by atoms with Crippen LogP contribution in [0.2, 0.25) is 0 Å². The Morgan fingerprint density at radius 1 is 1.11 bits per heavy atom. The number of fused-ring (bicyclic) bond motifs is 1. The summed E-state index contributed by atoms with van der Waals surface area (Å²) in [5, 5.41) is 13.2. The van der Waals surface area contributed by atoms with E-state index in [2.05, 4.69) is 25.5 Å². The average Bonchev–Trinajstić information content (AvgIpc) is 3.55. The third-order valence-electron chi connectivity index (χ3n) is 5.65. The van der Waals surface area contributed by atoms with Crippen LogP contribution in [0.25, 0.3) is 22.0 Å². The maximum atomic E-state index is 13.1. The zero-order chi connectivity index (χ0) is 26.0. The summed E-state index contributed by atoms with van der Waals surface area (Å²) in [5.41, 5.74) is 3.41. The standard InChI is InChI=1S/C26H23N5O4S2/c1-3-35-26-19(15-37(33,34)20-7-5-4-6-8-20)9-18(12-27-26)17-10-22(21-13-28-31-23(21)11-17)30-25(32)24-14-36-16(2)29-24/h4-14H,3,15H2,1-2H3,(H,28,31)(H,30,32). The Morgan fingerprint density at radius 2 is 1.92 bits per heavy atom. The number of nitrogens with one attached hydrogen (secondary N) is 2. The summed E-state index contributed by atoms with van der Waals surface area (Å²) < 4.78 is 31.9. The van der Waals surface area contributed by atoms with E-state index in [0.717, 1.165) is 16.0 Å². The second kappa shape index (κ2) is 10.1. The highest BCUT2D eigenvalue weighted by Crippen LogP contribution is 2.33. The number of benzene rings is 2. The molecule has 188 valence electrons. The van der Waals surface area contributed by atoms with Crippen LogP contribution in [0.3, 0.4) is 0 Å². The molecule has 0 bridgehead atoms. The number of carbonyl (C=O) groups excluding carboxylic acids is 1. The molecule has 3 heterocycles. The number of thiazole rings is 1. The Hall–Kier alpha value is -4.09. The second-order valence-corrected chi connectivity index (χ2v) is 11.3. The largest absolute Gasteiger partial charge is 0.478 e. The smallest absolute Gasteiger partial charge is 0.275 e. The number of sulfone groups is 1. The predicted octanol–water partition coefficient (Wildman–Crippen LogP) is 5.01. The fourth-order valence-electron chi connectivity index (χ4n) is 3.92. The highest BCUT2D eigenvalue weighted by atomic mass is 32.2. The first-order chi connectivity index (χ1) is 17.8. The molecule has 3 aromatic heterocycles. The maximum Gasteiger partial charge on any atom is 0.275 e. The van der Waals surface area contributed by atoms with Gasteiger partial charge in [-0.25, -0.2) is 18.4 Å². The zero-order valence-corrected chi connectivity index (χ0v) is 21.7. The van der Waals surface area contributed by atoms with Gasteiger partial charge in [-0.3, -0.25) is 9.89 Å². The molecule has 5 aromatic rings. The van der Waals surface area contributed by atoms with Gasteiger partial charge >= 0.3 is 0 Å². The van der Waals surface area contributed by atoms with Gasteiger partial charge in [0.2, 0.25) is 5.88 Å². The van der Waals surface area contributed by atoms with Gasteiger partial charge < -0.3 is 10.1 Å². The molecule has 1 amide bonds. The lowest BCUT2D eigenvalue weighted by molar-refractivity contribution is 0.102. The summed E-state index contributed by atoms with van der Waals surface area (Å²) in [5.74, 6) is -0.337. The normalized spacial score (nSPS) is 11.5. The van der Waals surface area contributed by atoms with Gasteiger partial charge in [-0.2, -0.15) is 5.10 Å². The van der Waals surface area contributed by atoms with Crippen LogP contribution in [0, 0.1) is 6.92 Å². The van der Waals surface area contributed by atoms with E-state index >= 15 is 0 Å². The van der Waals surface area contributed by atoms with Crippen molar-refractivity contribution in [2.75, 3.05) is 11.9 Å². The minimum atomic E-state index is -3.63. The number of rotatable bonds is 8. The highest BCUT2D eigenvalue weighted by molar-refractivity contribution is 7.90. The van der Waals surface area contributed by atoms with Crippen molar-refractivity contribution in [1.82, 2.24) is 20.2 Å². The topological polar surface area (TPSA) is 127 Å². The number of anilines is 1. The Balaban J connectivity index is 1.54. The minimum absolute atomic E-state index is 0.226. The number of aryl methyl sites for hydroxylation is 1. The number of pyridine rings is 1. The van der Waals surface area contributed by atoms with Gasteiger partial charge in [-0.1, -0.05) is 18.2 Å². The van der Waals surface area contributed by atoms with Crippen molar-refractivity contribution in [3.05, 3.63) is 82.6 Å². The van der Waals surface area contributed by atoms with Gasteiger partial charge in [0.25, 0.3) is 5.91 Å². The Bertz CT molecular complexity index is 1690. The summed E-state index contributed by atoms with van der Waals surface area (Å²) >= 11 is 1.40. The predicted molar refractivity (Wildman–Crippen MR) is 143 cm³/mol. The molecule has 0 fully saturated rings. The summed E-state index contributed by atoms with van der Waals surface area (Å²) in [6.45, 7) is 4.00. The number of aromatic amines is 1. The van der Waals surface area contributed by atoms with E-state index in [4.69, 9.17) is 4.74 Å². The number of aromatic nitrogens is 4. The number of hydrogen-bond donors (Lipinski definition) is 2. The van der Waals surface area contributed by atoms with Crippen molar-refractivity contribution in [3.8, 4) is 17.0 Å². The molecule has 0 aliphatic heterocycles. The maximum absolute atomic E-state index is 13.1. The third-order valence-corrected chi connectivity index (χ3v) is 8.10. The SMILES string of the molecule is CCOc1ncc(-c2cc(NC(=O)c3csc(C)n3)c3cn[nH]c3c2)cc1CS(=O)(=O)c1ccccc1. The first-order valence-corrected chi connectivity index (χ1v) is 14.0.